The zero-order chi connectivity index (χ0) is 22.7. The van der Waals surface area contributed by atoms with Gasteiger partial charge in [-0.15, -0.1) is 0 Å². The minimum atomic E-state index is -3.01. The molecule has 1 N–H and O–H groups in total. The molecule has 0 aliphatic carbocycles. The minimum Gasteiger partial charge on any atom is -0.442 e. The lowest BCUT2D eigenvalue weighted by Crippen LogP contribution is -2.28. The zero-order valence-electron chi connectivity index (χ0n) is 18.4. The van der Waals surface area contributed by atoms with Crippen LogP contribution < -0.4 is 15.9 Å². The molecule has 1 atom stereocenters. The van der Waals surface area contributed by atoms with E-state index < -0.39 is 19.3 Å². The Morgan fingerprint density at radius 1 is 0.906 bits per heavy atom. The van der Waals surface area contributed by atoms with Crippen LogP contribution in [0.15, 0.2) is 103 Å². The maximum absolute atomic E-state index is 14.1. The second-order valence-electron chi connectivity index (χ2n) is 7.60. The van der Waals surface area contributed by atoms with E-state index in [1.807, 2.05) is 91.0 Å². The van der Waals surface area contributed by atoms with Crippen molar-refractivity contribution < 1.29 is 14.1 Å². The van der Waals surface area contributed by atoms with Gasteiger partial charge in [0.2, 0.25) is 0 Å². The van der Waals surface area contributed by atoms with E-state index in [1.165, 1.54) is 0 Å². The van der Waals surface area contributed by atoms with Gasteiger partial charge in [-0.2, -0.15) is 0 Å². The lowest BCUT2D eigenvalue weighted by molar-refractivity contribution is 0.114. The summed E-state index contributed by atoms with van der Waals surface area (Å²) in [7, 11) is -3.01. The summed E-state index contributed by atoms with van der Waals surface area (Å²) in [6, 6.07) is 28.6. The molecule has 3 aromatic carbocycles. The molecular weight excluding hydrogens is 417 g/mol. The Bertz CT molecular complexity index is 993. The second-order valence-corrected chi connectivity index (χ2v) is 10.2. The molecule has 0 saturated carbocycles. The summed E-state index contributed by atoms with van der Waals surface area (Å²) in [5.74, 6) is 1.74. The van der Waals surface area contributed by atoms with Crippen molar-refractivity contribution in [3.63, 3.8) is 0 Å². The van der Waals surface area contributed by atoms with Crippen molar-refractivity contribution in [1.82, 2.24) is 5.32 Å². The molecule has 0 aliphatic rings. The molecule has 4 nitrogen and oxygen atoms in total. The monoisotopic (exact) mass is 447 g/mol. The van der Waals surface area contributed by atoms with Crippen molar-refractivity contribution in [3.8, 4) is 0 Å². The van der Waals surface area contributed by atoms with Crippen LogP contribution in [-0.4, -0.2) is 12.2 Å². The van der Waals surface area contributed by atoms with Crippen LogP contribution >= 0.6 is 7.14 Å². The number of benzene rings is 3. The summed E-state index contributed by atoms with van der Waals surface area (Å²) in [6.07, 6.45) is 3.42. The van der Waals surface area contributed by atoms with Crippen LogP contribution in [0.25, 0.3) is 0 Å². The van der Waals surface area contributed by atoms with Crippen molar-refractivity contribution >= 4 is 23.8 Å². The maximum Gasteiger partial charge on any atom is 0.407 e. The number of ether oxygens (including phenoxy) is 1. The molecule has 0 aromatic heterocycles. The fourth-order valence-electron chi connectivity index (χ4n) is 3.39. The number of alkyl carbamates (subject to hydrolysis) is 1. The smallest absolute Gasteiger partial charge is 0.407 e. The third kappa shape index (κ3) is 6.70. The molecule has 0 aliphatic heterocycles. The van der Waals surface area contributed by atoms with Gasteiger partial charge in [-0.1, -0.05) is 104 Å². The van der Waals surface area contributed by atoms with E-state index in [0.717, 1.165) is 29.0 Å². The fraction of sp³-hybridized carbons (Fsp3) is 0.222. The molecule has 0 saturated heterocycles. The predicted molar refractivity (Wildman–Crippen MR) is 132 cm³/mol. The maximum atomic E-state index is 14.1. The van der Waals surface area contributed by atoms with Gasteiger partial charge in [-0.3, -0.25) is 0 Å². The molecule has 0 bridgehead atoms. The Hall–Kier alpha value is -3.10. The van der Waals surface area contributed by atoms with Crippen molar-refractivity contribution in [2.45, 2.75) is 38.8 Å². The Balaban J connectivity index is 1.77. The molecule has 3 rings (SSSR count). The lowest BCUT2D eigenvalue weighted by atomic mass is 10.1. The first-order chi connectivity index (χ1) is 15.6. The molecule has 32 heavy (non-hydrogen) atoms. The van der Waals surface area contributed by atoms with Gasteiger partial charge in [0.25, 0.3) is 0 Å². The third-order valence-electron chi connectivity index (χ3n) is 5.17. The van der Waals surface area contributed by atoms with E-state index in [9.17, 15) is 9.36 Å². The van der Waals surface area contributed by atoms with E-state index in [4.69, 9.17) is 4.74 Å². The first-order valence-electron chi connectivity index (χ1n) is 11.0. The number of unbranched alkanes of at least 4 members (excludes halogenated alkanes) is 1. The van der Waals surface area contributed by atoms with Crippen LogP contribution in [-0.2, 0) is 15.8 Å². The lowest BCUT2D eigenvalue weighted by Gasteiger charge is -2.18. The molecule has 0 unspecified atom stereocenters. The molecule has 5 heteroatoms. The van der Waals surface area contributed by atoms with Crippen LogP contribution in [0.1, 0.15) is 31.7 Å². The largest absolute Gasteiger partial charge is 0.442 e. The van der Waals surface area contributed by atoms with Crippen LogP contribution in [0.2, 0.25) is 0 Å². The molecule has 0 heterocycles. The summed E-state index contributed by atoms with van der Waals surface area (Å²) in [4.78, 5) is 12.4. The highest BCUT2D eigenvalue weighted by Crippen LogP contribution is 2.45. The van der Waals surface area contributed by atoms with Crippen molar-refractivity contribution in [3.05, 3.63) is 108 Å². The summed E-state index contributed by atoms with van der Waals surface area (Å²) in [5.41, 5.74) is 1.00. The van der Waals surface area contributed by atoms with Crippen molar-refractivity contribution in [1.29, 1.82) is 0 Å². The van der Waals surface area contributed by atoms with Gasteiger partial charge in [0.05, 0.1) is 0 Å². The van der Waals surface area contributed by atoms with Crippen LogP contribution in [0.5, 0.6) is 0 Å². The number of hydrogen-bond acceptors (Lipinski definition) is 3. The van der Waals surface area contributed by atoms with Crippen molar-refractivity contribution in [2.75, 3.05) is 0 Å². The molecule has 166 valence electrons. The highest BCUT2D eigenvalue weighted by Gasteiger charge is 2.24. The normalized spacial score (nSPS) is 12.4. The van der Waals surface area contributed by atoms with Gasteiger partial charge >= 0.3 is 6.09 Å². The molecule has 0 fully saturated rings. The van der Waals surface area contributed by atoms with Gasteiger partial charge in [-0.25, -0.2) is 4.79 Å². The third-order valence-corrected chi connectivity index (χ3v) is 7.89. The Morgan fingerprint density at radius 3 is 1.97 bits per heavy atom. The number of carbonyl (C=O) groups is 1. The predicted octanol–water partition coefficient (Wildman–Crippen LogP) is 6.00. The average molecular weight is 448 g/mol. The van der Waals surface area contributed by atoms with Gasteiger partial charge < -0.3 is 14.6 Å². The summed E-state index contributed by atoms with van der Waals surface area (Å²) >= 11 is 0. The quantitative estimate of drug-likeness (QED) is 0.388. The zero-order valence-corrected chi connectivity index (χ0v) is 19.3. The minimum absolute atomic E-state index is 0.399. The summed E-state index contributed by atoms with van der Waals surface area (Å²) < 4.78 is 19.8. The molecule has 0 radical (unpaired) electrons. The number of rotatable bonds is 10. The van der Waals surface area contributed by atoms with Gasteiger partial charge in [0.15, 0.2) is 7.14 Å². The molecular formula is C27H30NO3P. The number of hydrogen-bond donors (Lipinski definition) is 1. The molecule has 3 aromatic rings. The van der Waals surface area contributed by atoms with E-state index >= 15 is 0 Å². The standard InChI is InChI=1S/C27H30NO3P/c1-2-3-15-24(31-27(29)28-22-23-13-7-4-8-14-23)20-21-32(30,25-16-9-5-10-17-25)26-18-11-6-12-19-26/h4-14,16-21,24H,2-3,15,22H2,1H3,(H,28,29)/b21-20+/t24-/m1/s1. The van der Waals surface area contributed by atoms with Crippen LogP contribution in [0.3, 0.4) is 0 Å². The average Bonchev–Trinajstić information content (AvgIpc) is 2.86. The Morgan fingerprint density at radius 2 is 1.44 bits per heavy atom. The Kier molecular flexibility index (Phi) is 8.89. The first kappa shape index (κ1) is 23.6. The topological polar surface area (TPSA) is 55.4 Å². The number of carbonyl (C=O) groups excluding carboxylic acids is 1. The summed E-state index contributed by atoms with van der Waals surface area (Å²) in [5, 5.41) is 4.31. The SMILES string of the molecule is CCCC[C@H](/C=C/P(=O)(c1ccccc1)c1ccccc1)OC(=O)NCc1ccccc1. The van der Waals surface area contributed by atoms with Gasteiger partial charge in [0, 0.05) is 17.2 Å². The number of amides is 1. The van der Waals surface area contributed by atoms with E-state index in [-0.39, 0.29) is 0 Å². The fourth-order valence-corrected chi connectivity index (χ4v) is 5.69. The highest BCUT2D eigenvalue weighted by molar-refractivity contribution is 7.81. The molecule has 0 spiro atoms. The number of nitrogens with one attached hydrogen (secondary N) is 1. The van der Waals surface area contributed by atoms with Crippen LogP contribution in [0.4, 0.5) is 4.79 Å². The first-order valence-corrected chi connectivity index (χ1v) is 12.8. The van der Waals surface area contributed by atoms with Crippen molar-refractivity contribution in [2.24, 2.45) is 0 Å². The van der Waals surface area contributed by atoms with Gasteiger partial charge in [0.1, 0.15) is 6.10 Å². The Labute approximate surface area is 190 Å². The molecule has 1 amide bonds. The second kappa shape index (κ2) is 12.1. The van der Waals surface area contributed by atoms with Gasteiger partial charge in [-0.05, 0) is 30.3 Å². The van der Waals surface area contributed by atoms with E-state index in [1.54, 1.807) is 11.9 Å². The van der Waals surface area contributed by atoms with E-state index in [0.29, 0.717) is 13.0 Å². The van der Waals surface area contributed by atoms with E-state index in [2.05, 4.69) is 12.2 Å². The highest BCUT2D eigenvalue weighted by atomic mass is 31.2. The summed E-state index contributed by atoms with van der Waals surface area (Å²) in [6.45, 7) is 2.49. The van der Waals surface area contributed by atoms with Crippen LogP contribution in [0, 0.1) is 0 Å².